The maximum Gasteiger partial charge on any atom is 0.227 e. The van der Waals surface area contributed by atoms with Crippen molar-refractivity contribution in [3.05, 3.63) is 0 Å². The number of hydrogen-bond donors (Lipinski definition) is 2. The normalized spacial score (nSPS) is 37.2. The molecule has 5 nitrogen and oxygen atoms in total. The Bertz CT molecular complexity index is 346. The zero-order valence-electron chi connectivity index (χ0n) is 12.3. The molecule has 3 rings (SSSR count). The summed E-state index contributed by atoms with van der Waals surface area (Å²) in [5, 5.41) is 6.63. The monoisotopic (exact) mass is 282 g/mol. The molecule has 0 aromatic heterocycles. The summed E-state index contributed by atoms with van der Waals surface area (Å²) in [5.41, 5.74) is 0. The summed E-state index contributed by atoms with van der Waals surface area (Å²) in [6, 6.07) is 0.374. The molecule has 1 amide bonds. The minimum Gasteiger partial charge on any atom is -0.379 e. The standard InChI is InChI=1S/C15H26N2O3/c1-2-6-16-13-9-19-8-11(13)15(18)17-12-5-7-20-14(12)10-3-4-10/h10-14,16H,2-9H2,1H3,(H,17,18). The molecule has 3 fully saturated rings. The smallest absolute Gasteiger partial charge is 0.227 e. The van der Waals surface area contributed by atoms with Gasteiger partial charge in [0.2, 0.25) is 5.91 Å². The van der Waals surface area contributed by atoms with E-state index in [0.717, 1.165) is 26.0 Å². The molecular formula is C15H26N2O3. The Morgan fingerprint density at radius 1 is 1.20 bits per heavy atom. The fraction of sp³-hybridized carbons (Fsp3) is 0.933. The molecular weight excluding hydrogens is 256 g/mol. The summed E-state index contributed by atoms with van der Waals surface area (Å²) >= 11 is 0. The van der Waals surface area contributed by atoms with Gasteiger partial charge in [0.25, 0.3) is 0 Å². The Balaban J connectivity index is 1.52. The average Bonchev–Trinajstić information content (AvgIpc) is 3.00. The molecule has 2 N–H and O–H groups in total. The lowest BCUT2D eigenvalue weighted by molar-refractivity contribution is -0.126. The minimum atomic E-state index is -0.0537. The van der Waals surface area contributed by atoms with E-state index < -0.39 is 0 Å². The summed E-state index contributed by atoms with van der Waals surface area (Å²) in [7, 11) is 0. The van der Waals surface area contributed by atoms with Crippen molar-refractivity contribution in [2.75, 3.05) is 26.4 Å². The second-order valence-corrected chi connectivity index (χ2v) is 6.28. The Hall–Kier alpha value is -0.650. The van der Waals surface area contributed by atoms with Crippen molar-refractivity contribution in [1.82, 2.24) is 10.6 Å². The van der Waals surface area contributed by atoms with Gasteiger partial charge in [-0.3, -0.25) is 4.79 Å². The predicted octanol–water partition coefficient (Wildman–Crippen LogP) is 0.685. The number of rotatable bonds is 6. The first kappa shape index (κ1) is 14.3. The number of hydrogen-bond acceptors (Lipinski definition) is 4. The fourth-order valence-electron chi connectivity index (χ4n) is 3.29. The molecule has 1 aliphatic carbocycles. The van der Waals surface area contributed by atoms with E-state index in [1.807, 2.05) is 0 Å². The first-order valence-electron chi connectivity index (χ1n) is 8.02. The van der Waals surface area contributed by atoms with Crippen molar-refractivity contribution in [3.63, 3.8) is 0 Å². The van der Waals surface area contributed by atoms with Crippen LogP contribution in [0.2, 0.25) is 0 Å². The Labute approximate surface area is 120 Å². The van der Waals surface area contributed by atoms with E-state index in [4.69, 9.17) is 9.47 Å². The molecule has 0 aromatic carbocycles. The summed E-state index contributed by atoms with van der Waals surface area (Å²) in [6.07, 6.45) is 4.79. The molecule has 0 aromatic rings. The molecule has 20 heavy (non-hydrogen) atoms. The van der Waals surface area contributed by atoms with Gasteiger partial charge in [-0.2, -0.15) is 0 Å². The number of carbonyl (C=O) groups is 1. The van der Waals surface area contributed by atoms with Gasteiger partial charge in [-0.15, -0.1) is 0 Å². The summed E-state index contributed by atoms with van der Waals surface area (Å²) < 4.78 is 11.3. The molecule has 2 saturated heterocycles. The van der Waals surface area contributed by atoms with Gasteiger partial charge in [-0.1, -0.05) is 6.92 Å². The molecule has 0 spiro atoms. The van der Waals surface area contributed by atoms with Crippen molar-refractivity contribution < 1.29 is 14.3 Å². The molecule has 1 saturated carbocycles. The molecule has 114 valence electrons. The second kappa shape index (κ2) is 6.41. The molecule has 4 unspecified atom stereocenters. The van der Waals surface area contributed by atoms with Crippen LogP contribution in [0.4, 0.5) is 0 Å². The zero-order chi connectivity index (χ0) is 13.9. The van der Waals surface area contributed by atoms with Crippen LogP contribution >= 0.6 is 0 Å². The summed E-state index contributed by atoms with van der Waals surface area (Å²) in [6.45, 7) is 5.04. The maximum atomic E-state index is 12.5. The van der Waals surface area contributed by atoms with Gasteiger partial charge in [-0.25, -0.2) is 0 Å². The highest BCUT2D eigenvalue weighted by Gasteiger charge is 2.43. The van der Waals surface area contributed by atoms with Crippen molar-refractivity contribution in [3.8, 4) is 0 Å². The summed E-state index contributed by atoms with van der Waals surface area (Å²) in [5.74, 6) is 0.760. The third-order valence-corrected chi connectivity index (χ3v) is 4.62. The van der Waals surface area contributed by atoms with E-state index in [9.17, 15) is 4.79 Å². The van der Waals surface area contributed by atoms with Crippen LogP contribution in [0.5, 0.6) is 0 Å². The van der Waals surface area contributed by atoms with E-state index in [1.54, 1.807) is 0 Å². The molecule has 4 atom stereocenters. The van der Waals surface area contributed by atoms with E-state index in [2.05, 4.69) is 17.6 Å². The third kappa shape index (κ3) is 3.15. The first-order valence-corrected chi connectivity index (χ1v) is 8.02. The molecule has 2 aliphatic heterocycles. The fourth-order valence-corrected chi connectivity index (χ4v) is 3.29. The van der Waals surface area contributed by atoms with Crippen LogP contribution in [0.1, 0.15) is 32.6 Å². The highest BCUT2D eigenvalue weighted by Crippen LogP contribution is 2.38. The molecule has 2 heterocycles. The van der Waals surface area contributed by atoms with Crippen LogP contribution in [0.3, 0.4) is 0 Å². The van der Waals surface area contributed by atoms with Crippen LogP contribution in [0.15, 0.2) is 0 Å². The van der Waals surface area contributed by atoms with E-state index in [0.29, 0.717) is 19.1 Å². The van der Waals surface area contributed by atoms with Crippen LogP contribution < -0.4 is 10.6 Å². The van der Waals surface area contributed by atoms with Crippen molar-refractivity contribution in [2.24, 2.45) is 11.8 Å². The maximum absolute atomic E-state index is 12.5. The van der Waals surface area contributed by atoms with Gasteiger partial charge in [0.05, 0.1) is 31.3 Å². The van der Waals surface area contributed by atoms with Crippen LogP contribution in [-0.2, 0) is 14.3 Å². The van der Waals surface area contributed by atoms with Gasteiger partial charge in [-0.05, 0) is 38.1 Å². The van der Waals surface area contributed by atoms with Crippen LogP contribution in [-0.4, -0.2) is 50.5 Å². The van der Waals surface area contributed by atoms with Gasteiger partial charge in [0.1, 0.15) is 0 Å². The number of carbonyl (C=O) groups excluding carboxylic acids is 1. The molecule has 5 heteroatoms. The second-order valence-electron chi connectivity index (χ2n) is 6.28. The molecule has 3 aliphatic rings. The van der Waals surface area contributed by atoms with E-state index in [1.165, 1.54) is 12.8 Å². The topological polar surface area (TPSA) is 59.6 Å². The highest BCUT2D eigenvalue weighted by atomic mass is 16.5. The Morgan fingerprint density at radius 3 is 2.80 bits per heavy atom. The SMILES string of the molecule is CCCNC1COCC1C(=O)NC1CCOC1C1CC1. The lowest BCUT2D eigenvalue weighted by Crippen LogP contribution is -2.49. The largest absolute Gasteiger partial charge is 0.379 e. The summed E-state index contributed by atoms with van der Waals surface area (Å²) in [4.78, 5) is 12.5. The number of nitrogens with one attached hydrogen (secondary N) is 2. The highest BCUT2D eigenvalue weighted by molar-refractivity contribution is 5.80. The quantitative estimate of drug-likeness (QED) is 0.752. The Morgan fingerprint density at radius 2 is 2.05 bits per heavy atom. The van der Waals surface area contributed by atoms with Gasteiger partial charge < -0.3 is 20.1 Å². The number of ether oxygens (including phenoxy) is 2. The van der Waals surface area contributed by atoms with Crippen molar-refractivity contribution in [1.29, 1.82) is 0 Å². The van der Waals surface area contributed by atoms with Crippen molar-refractivity contribution in [2.45, 2.75) is 50.8 Å². The van der Waals surface area contributed by atoms with E-state index in [-0.39, 0.29) is 30.0 Å². The lowest BCUT2D eigenvalue weighted by Gasteiger charge is -2.23. The van der Waals surface area contributed by atoms with Crippen molar-refractivity contribution >= 4 is 5.91 Å². The third-order valence-electron chi connectivity index (χ3n) is 4.62. The Kier molecular flexibility index (Phi) is 4.58. The van der Waals surface area contributed by atoms with Gasteiger partial charge >= 0.3 is 0 Å². The van der Waals surface area contributed by atoms with Gasteiger partial charge in [0, 0.05) is 12.6 Å². The van der Waals surface area contributed by atoms with Crippen LogP contribution in [0, 0.1) is 11.8 Å². The van der Waals surface area contributed by atoms with Crippen LogP contribution in [0.25, 0.3) is 0 Å². The molecule has 0 radical (unpaired) electrons. The molecule has 0 bridgehead atoms. The van der Waals surface area contributed by atoms with Gasteiger partial charge in [0.15, 0.2) is 0 Å². The van der Waals surface area contributed by atoms with E-state index >= 15 is 0 Å². The number of amides is 1. The average molecular weight is 282 g/mol. The zero-order valence-corrected chi connectivity index (χ0v) is 12.3. The minimum absolute atomic E-state index is 0.0537. The predicted molar refractivity (Wildman–Crippen MR) is 75.4 cm³/mol. The first-order chi connectivity index (χ1) is 9.79. The lowest BCUT2D eigenvalue weighted by atomic mass is 10.00.